The van der Waals surface area contributed by atoms with Crippen LogP contribution in [-0.2, 0) is 6.42 Å². The van der Waals surface area contributed by atoms with Gasteiger partial charge in [0, 0.05) is 21.2 Å². The van der Waals surface area contributed by atoms with E-state index in [4.69, 9.17) is 0 Å². The number of fused-ring (bicyclic) bond motifs is 1. The van der Waals surface area contributed by atoms with Crippen LogP contribution >= 0.6 is 33.9 Å². The molecule has 2 N–H and O–H groups in total. The van der Waals surface area contributed by atoms with Gasteiger partial charge in [-0.2, -0.15) is 4.98 Å². The van der Waals surface area contributed by atoms with Gasteiger partial charge in [-0.25, -0.2) is 4.98 Å². The molecule has 0 bridgehead atoms. The molecule has 0 saturated heterocycles. The Kier molecular flexibility index (Phi) is 4.25. The molecule has 3 rings (SSSR count). The van der Waals surface area contributed by atoms with Gasteiger partial charge in [-0.15, -0.1) is 11.3 Å². The number of halogens is 1. The summed E-state index contributed by atoms with van der Waals surface area (Å²) in [5.74, 6) is 1.49. The van der Waals surface area contributed by atoms with Crippen LogP contribution in [-0.4, -0.2) is 17.0 Å². The van der Waals surface area contributed by atoms with Crippen molar-refractivity contribution in [3.8, 4) is 0 Å². The molecule has 0 aliphatic carbocycles. The number of aromatic nitrogens is 2. The summed E-state index contributed by atoms with van der Waals surface area (Å²) in [5, 5.41) is 7.52. The standard InChI is InChI=1S/C15H15IN4S/c1-3-11-8-12-13(18-10-6-4-5-9(16)7-10)19-15(17-2)20-14(12)21-11/h4-8H,3H2,1-2H3,(H2,17,18,19,20). The van der Waals surface area contributed by atoms with Gasteiger partial charge >= 0.3 is 0 Å². The molecule has 21 heavy (non-hydrogen) atoms. The van der Waals surface area contributed by atoms with Crippen molar-refractivity contribution in [3.05, 3.63) is 38.8 Å². The van der Waals surface area contributed by atoms with Crippen LogP contribution in [0.4, 0.5) is 17.5 Å². The molecule has 2 heterocycles. The van der Waals surface area contributed by atoms with E-state index >= 15 is 0 Å². The van der Waals surface area contributed by atoms with Gasteiger partial charge in [0.1, 0.15) is 10.6 Å². The zero-order valence-corrected chi connectivity index (χ0v) is 14.7. The van der Waals surface area contributed by atoms with E-state index < -0.39 is 0 Å². The third-order valence-electron chi connectivity index (χ3n) is 3.10. The molecule has 0 spiro atoms. The molecule has 3 aromatic rings. The molecule has 0 fully saturated rings. The fourth-order valence-corrected chi connectivity index (χ4v) is 3.57. The van der Waals surface area contributed by atoms with E-state index in [0.29, 0.717) is 5.95 Å². The van der Waals surface area contributed by atoms with Crippen LogP contribution in [0.1, 0.15) is 11.8 Å². The van der Waals surface area contributed by atoms with Gasteiger partial charge in [0.05, 0.1) is 5.39 Å². The summed E-state index contributed by atoms with van der Waals surface area (Å²) in [7, 11) is 1.84. The molecule has 2 aromatic heterocycles. The van der Waals surface area contributed by atoms with Crippen molar-refractivity contribution in [3.63, 3.8) is 0 Å². The summed E-state index contributed by atoms with van der Waals surface area (Å²) in [5.41, 5.74) is 1.04. The fourth-order valence-electron chi connectivity index (χ4n) is 2.06. The Morgan fingerprint density at radius 1 is 1.24 bits per heavy atom. The zero-order valence-electron chi connectivity index (χ0n) is 11.8. The molecule has 108 valence electrons. The van der Waals surface area contributed by atoms with Crippen molar-refractivity contribution in [1.29, 1.82) is 0 Å². The number of benzene rings is 1. The predicted octanol–water partition coefficient (Wildman–Crippen LogP) is 4.64. The molecule has 0 atom stereocenters. The van der Waals surface area contributed by atoms with E-state index in [1.165, 1.54) is 8.45 Å². The number of rotatable bonds is 4. The summed E-state index contributed by atoms with van der Waals surface area (Å²) in [6, 6.07) is 10.4. The first-order valence-corrected chi connectivity index (χ1v) is 8.60. The first-order chi connectivity index (χ1) is 10.2. The average Bonchev–Trinajstić information content (AvgIpc) is 2.90. The van der Waals surface area contributed by atoms with Crippen molar-refractivity contribution in [2.24, 2.45) is 0 Å². The lowest BCUT2D eigenvalue weighted by Gasteiger charge is -2.08. The summed E-state index contributed by atoms with van der Waals surface area (Å²) in [4.78, 5) is 11.4. The summed E-state index contributed by atoms with van der Waals surface area (Å²) < 4.78 is 1.19. The van der Waals surface area contributed by atoms with Gasteiger partial charge in [-0.3, -0.25) is 0 Å². The maximum atomic E-state index is 4.56. The zero-order chi connectivity index (χ0) is 14.8. The van der Waals surface area contributed by atoms with Gasteiger partial charge in [0.2, 0.25) is 5.95 Å². The van der Waals surface area contributed by atoms with Crippen molar-refractivity contribution >= 4 is 61.6 Å². The average molecular weight is 410 g/mol. The topological polar surface area (TPSA) is 49.8 Å². The number of nitrogens with zero attached hydrogens (tertiary/aromatic N) is 2. The molecule has 0 amide bonds. The summed E-state index contributed by atoms with van der Waals surface area (Å²) >= 11 is 4.03. The number of nitrogens with one attached hydrogen (secondary N) is 2. The smallest absolute Gasteiger partial charge is 0.225 e. The van der Waals surface area contributed by atoms with Gasteiger partial charge in [-0.05, 0) is 53.3 Å². The Morgan fingerprint density at radius 2 is 2.10 bits per heavy atom. The summed E-state index contributed by atoms with van der Waals surface area (Å²) in [6.07, 6.45) is 1.01. The molecule has 1 aromatic carbocycles. The Balaban J connectivity index is 2.09. The molecule has 0 radical (unpaired) electrons. The second kappa shape index (κ2) is 6.15. The number of anilines is 3. The van der Waals surface area contributed by atoms with E-state index in [1.807, 2.05) is 19.2 Å². The highest BCUT2D eigenvalue weighted by Crippen LogP contribution is 2.32. The lowest BCUT2D eigenvalue weighted by molar-refractivity contribution is 1.19. The Bertz CT molecular complexity index is 784. The van der Waals surface area contributed by atoms with Gasteiger partial charge < -0.3 is 10.6 Å². The fraction of sp³-hybridized carbons (Fsp3) is 0.200. The highest BCUT2D eigenvalue weighted by Gasteiger charge is 2.11. The van der Waals surface area contributed by atoms with Crippen molar-refractivity contribution in [2.75, 3.05) is 17.7 Å². The molecule has 0 saturated carbocycles. The number of thiophene rings is 1. The van der Waals surface area contributed by atoms with Gasteiger partial charge in [0.15, 0.2) is 0 Å². The van der Waals surface area contributed by atoms with Crippen LogP contribution in [0.5, 0.6) is 0 Å². The van der Waals surface area contributed by atoms with E-state index in [-0.39, 0.29) is 0 Å². The van der Waals surface area contributed by atoms with Gasteiger partial charge in [-0.1, -0.05) is 13.0 Å². The number of hydrogen-bond acceptors (Lipinski definition) is 5. The van der Waals surface area contributed by atoms with Crippen LogP contribution in [0.15, 0.2) is 30.3 Å². The lowest BCUT2D eigenvalue weighted by atomic mass is 10.3. The van der Waals surface area contributed by atoms with E-state index in [2.05, 4.69) is 68.3 Å². The molecule has 0 unspecified atom stereocenters. The number of aryl methyl sites for hydroxylation is 1. The Morgan fingerprint density at radius 3 is 2.81 bits per heavy atom. The van der Waals surface area contributed by atoms with E-state index in [1.54, 1.807) is 11.3 Å². The van der Waals surface area contributed by atoms with Crippen LogP contribution in [0.2, 0.25) is 0 Å². The maximum Gasteiger partial charge on any atom is 0.225 e. The molecular formula is C15H15IN4S. The maximum absolute atomic E-state index is 4.56. The quantitative estimate of drug-likeness (QED) is 0.616. The normalized spacial score (nSPS) is 10.8. The molecule has 0 aliphatic rings. The molecule has 0 aliphatic heterocycles. The second-order valence-corrected chi connectivity index (χ2v) is 6.93. The first-order valence-electron chi connectivity index (χ1n) is 6.70. The first kappa shape index (κ1) is 14.5. The van der Waals surface area contributed by atoms with Gasteiger partial charge in [0.25, 0.3) is 0 Å². The largest absolute Gasteiger partial charge is 0.357 e. The van der Waals surface area contributed by atoms with Crippen LogP contribution in [0.3, 0.4) is 0 Å². The second-order valence-electron chi connectivity index (χ2n) is 4.57. The minimum absolute atomic E-state index is 0.639. The molecule has 4 nitrogen and oxygen atoms in total. The summed E-state index contributed by atoms with van der Waals surface area (Å²) in [6.45, 7) is 2.16. The van der Waals surface area contributed by atoms with Crippen LogP contribution in [0, 0.1) is 3.57 Å². The van der Waals surface area contributed by atoms with E-state index in [9.17, 15) is 0 Å². The minimum atomic E-state index is 0.639. The Labute approximate surface area is 141 Å². The lowest BCUT2D eigenvalue weighted by Crippen LogP contribution is -2.00. The van der Waals surface area contributed by atoms with Crippen molar-refractivity contribution in [2.45, 2.75) is 13.3 Å². The third-order valence-corrected chi connectivity index (χ3v) is 4.95. The minimum Gasteiger partial charge on any atom is -0.357 e. The highest BCUT2D eigenvalue weighted by molar-refractivity contribution is 14.1. The van der Waals surface area contributed by atoms with Crippen molar-refractivity contribution in [1.82, 2.24) is 9.97 Å². The SMILES string of the molecule is CCc1cc2c(Nc3cccc(I)c3)nc(NC)nc2s1. The van der Waals surface area contributed by atoms with Crippen LogP contribution in [0.25, 0.3) is 10.2 Å². The number of hydrogen-bond donors (Lipinski definition) is 2. The predicted molar refractivity (Wildman–Crippen MR) is 98.8 cm³/mol. The highest BCUT2D eigenvalue weighted by atomic mass is 127. The van der Waals surface area contributed by atoms with Crippen molar-refractivity contribution < 1.29 is 0 Å². The molecular weight excluding hydrogens is 395 g/mol. The monoisotopic (exact) mass is 410 g/mol. The third kappa shape index (κ3) is 3.11. The van der Waals surface area contributed by atoms with E-state index in [0.717, 1.165) is 28.1 Å². The Hall–Kier alpha value is -1.41. The molecule has 6 heteroatoms. The van der Waals surface area contributed by atoms with Crippen LogP contribution < -0.4 is 10.6 Å².